The fourth-order valence-corrected chi connectivity index (χ4v) is 1.70. The summed E-state index contributed by atoms with van der Waals surface area (Å²) in [5.41, 5.74) is 0. The summed E-state index contributed by atoms with van der Waals surface area (Å²) in [4.78, 5) is 23.8. The number of ether oxygens (including phenoxy) is 2. The minimum Gasteiger partial charge on any atom is -0.480 e. The third-order valence-corrected chi connectivity index (χ3v) is 2.82. The van der Waals surface area contributed by atoms with Crippen LogP contribution in [0.1, 0.15) is 6.92 Å². The van der Waals surface area contributed by atoms with Gasteiger partial charge in [0.05, 0.1) is 13.1 Å². The number of urea groups is 1. The number of carboxylic acids is 1. The number of hydrogen-bond donors (Lipinski definition) is 2. The van der Waals surface area contributed by atoms with Crippen LogP contribution in [-0.4, -0.2) is 67.6 Å². The van der Waals surface area contributed by atoms with E-state index in [2.05, 4.69) is 5.32 Å². The maximum atomic E-state index is 11.7. The molecule has 3 atom stereocenters. The molecule has 1 heterocycles. The van der Waals surface area contributed by atoms with Crippen LogP contribution in [0.3, 0.4) is 0 Å². The number of amides is 2. The Bertz CT molecular complexity index is 284. The number of aliphatic carboxylic acids is 1. The van der Waals surface area contributed by atoms with Crippen LogP contribution < -0.4 is 5.32 Å². The Hall–Kier alpha value is -1.34. The molecule has 7 nitrogen and oxygen atoms in total. The number of carbonyl (C=O) groups excluding carboxylic acids is 1. The number of hydrogen-bond acceptors (Lipinski definition) is 4. The van der Waals surface area contributed by atoms with Crippen molar-refractivity contribution in [1.82, 2.24) is 10.2 Å². The molecule has 0 aromatic rings. The van der Waals surface area contributed by atoms with E-state index >= 15 is 0 Å². The van der Waals surface area contributed by atoms with Gasteiger partial charge in [0.1, 0.15) is 18.2 Å². The lowest BCUT2D eigenvalue weighted by Gasteiger charge is -2.18. The fraction of sp³-hybridized carbons (Fsp3) is 0.800. The van der Waals surface area contributed by atoms with Gasteiger partial charge in [-0.1, -0.05) is 0 Å². The first-order chi connectivity index (χ1) is 7.99. The van der Waals surface area contributed by atoms with E-state index in [-0.39, 0.29) is 12.2 Å². The smallest absolute Gasteiger partial charge is 0.325 e. The van der Waals surface area contributed by atoms with E-state index in [1.54, 1.807) is 14.2 Å². The van der Waals surface area contributed by atoms with Crippen molar-refractivity contribution in [3.8, 4) is 0 Å². The van der Waals surface area contributed by atoms with Gasteiger partial charge < -0.3 is 24.8 Å². The zero-order chi connectivity index (χ0) is 13.0. The molecule has 1 saturated heterocycles. The molecule has 0 saturated carbocycles. The van der Waals surface area contributed by atoms with Gasteiger partial charge in [0, 0.05) is 14.2 Å². The second-order valence-electron chi connectivity index (χ2n) is 3.96. The zero-order valence-electron chi connectivity index (χ0n) is 10.2. The molecular weight excluding hydrogens is 228 g/mol. The Labute approximate surface area is 99.7 Å². The quantitative estimate of drug-likeness (QED) is 0.699. The summed E-state index contributed by atoms with van der Waals surface area (Å²) < 4.78 is 10.4. The predicted octanol–water partition coefficient (Wildman–Crippen LogP) is -0.485. The second kappa shape index (κ2) is 5.83. The molecule has 0 bridgehead atoms. The van der Waals surface area contributed by atoms with Crippen LogP contribution in [0.15, 0.2) is 0 Å². The van der Waals surface area contributed by atoms with Gasteiger partial charge in [-0.15, -0.1) is 0 Å². The highest BCUT2D eigenvalue weighted by molar-refractivity contribution is 5.82. The van der Waals surface area contributed by atoms with Crippen molar-refractivity contribution < 1.29 is 24.2 Å². The molecule has 0 aliphatic carbocycles. The van der Waals surface area contributed by atoms with Crippen LogP contribution in [-0.2, 0) is 14.3 Å². The summed E-state index contributed by atoms with van der Waals surface area (Å²) in [7, 11) is 3.11. The van der Waals surface area contributed by atoms with Crippen molar-refractivity contribution in [3.05, 3.63) is 0 Å². The minimum atomic E-state index is -1.07. The number of methoxy groups -OCH3 is 2. The highest BCUT2D eigenvalue weighted by Gasteiger charge is 2.36. The number of nitrogens with zero attached hydrogens (tertiary/aromatic N) is 1. The Morgan fingerprint density at radius 3 is 2.12 bits per heavy atom. The molecular formula is C10H18N2O5. The highest BCUT2D eigenvalue weighted by Crippen LogP contribution is 2.15. The molecule has 0 radical (unpaired) electrons. The van der Waals surface area contributed by atoms with Crippen molar-refractivity contribution in [2.75, 3.05) is 27.3 Å². The Morgan fingerprint density at radius 2 is 1.76 bits per heavy atom. The molecule has 17 heavy (non-hydrogen) atoms. The predicted molar refractivity (Wildman–Crippen MR) is 58.8 cm³/mol. The molecule has 1 rings (SSSR count). The molecule has 2 amide bonds. The van der Waals surface area contributed by atoms with E-state index in [0.717, 1.165) is 0 Å². The molecule has 2 unspecified atom stereocenters. The van der Waals surface area contributed by atoms with Crippen LogP contribution in [0, 0.1) is 0 Å². The van der Waals surface area contributed by atoms with E-state index in [1.165, 1.54) is 11.8 Å². The van der Waals surface area contributed by atoms with E-state index in [0.29, 0.717) is 13.1 Å². The van der Waals surface area contributed by atoms with Crippen LogP contribution in [0.25, 0.3) is 0 Å². The van der Waals surface area contributed by atoms with Crippen molar-refractivity contribution in [1.29, 1.82) is 0 Å². The van der Waals surface area contributed by atoms with E-state index < -0.39 is 18.0 Å². The Morgan fingerprint density at radius 1 is 1.29 bits per heavy atom. The SMILES string of the molecule is COC1CN(C(=O)N[C@H](C)C(=O)O)CC1OC. The highest BCUT2D eigenvalue weighted by atomic mass is 16.5. The summed E-state index contributed by atoms with van der Waals surface area (Å²) in [6.45, 7) is 2.21. The molecule has 0 aromatic carbocycles. The molecule has 0 spiro atoms. The molecule has 1 aliphatic heterocycles. The lowest BCUT2D eigenvalue weighted by molar-refractivity contribution is -0.138. The number of carbonyl (C=O) groups is 2. The van der Waals surface area contributed by atoms with Crippen LogP contribution in [0.5, 0.6) is 0 Å². The largest absolute Gasteiger partial charge is 0.480 e. The molecule has 1 aliphatic rings. The van der Waals surface area contributed by atoms with Gasteiger partial charge in [-0.2, -0.15) is 0 Å². The second-order valence-corrected chi connectivity index (χ2v) is 3.96. The van der Waals surface area contributed by atoms with Crippen LogP contribution in [0.2, 0.25) is 0 Å². The average molecular weight is 246 g/mol. The molecule has 0 aromatic heterocycles. The van der Waals surface area contributed by atoms with E-state index in [1.807, 2.05) is 0 Å². The molecule has 98 valence electrons. The molecule has 2 N–H and O–H groups in total. The van der Waals surface area contributed by atoms with Gasteiger partial charge in [-0.05, 0) is 6.92 Å². The van der Waals surface area contributed by atoms with Crippen molar-refractivity contribution in [2.45, 2.75) is 25.2 Å². The average Bonchev–Trinajstić information content (AvgIpc) is 2.71. The van der Waals surface area contributed by atoms with Crippen molar-refractivity contribution >= 4 is 12.0 Å². The lowest BCUT2D eigenvalue weighted by Crippen LogP contribution is -2.46. The Kier molecular flexibility index (Phi) is 4.71. The van der Waals surface area contributed by atoms with Gasteiger partial charge in [-0.3, -0.25) is 4.79 Å². The summed E-state index contributed by atoms with van der Waals surface area (Å²) in [5.74, 6) is -1.07. The summed E-state index contributed by atoms with van der Waals surface area (Å²) in [6.07, 6.45) is -0.350. The number of rotatable bonds is 4. The normalized spacial score (nSPS) is 25.7. The first-order valence-corrected chi connectivity index (χ1v) is 5.33. The third kappa shape index (κ3) is 3.31. The van der Waals surface area contributed by atoms with Crippen molar-refractivity contribution in [2.24, 2.45) is 0 Å². The number of nitrogens with one attached hydrogen (secondary N) is 1. The standard InChI is InChI=1S/C10H18N2O5/c1-6(9(13)14)11-10(15)12-4-7(16-2)8(5-12)17-3/h6-8H,4-5H2,1-3H3,(H,11,15)(H,13,14)/t6-,7?,8?/m1/s1. The third-order valence-electron chi connectivity index (χ3n) is 2.82. The van der Waals surface area contributed by atoms with Crippen LogP contribution in [0.4, 0.5) is 4.79 Å². The summed E-state index contributed by atoms with van der Waals surface area (Å²) in [5, 5.41) is 11.1. The van der Waals surface area contributed by atoms with Gasteiger partial charge >= 0.3 is 12.0 Å². The number of likely N-dealkylation sites (tertiary alicyclic amines) is 1. The maximum Gasteiger partial charge on any atom is 0.325 e. The van der Waals surface area contributed by atoms with Crippen molar-refractivity contribution in [3.63, 3.8) is 0 Å². The topological polar surface area (TPSA) is 88.1 Å². The van der Waals surface area contributed by atoms with Gasteiger partial charge in [0.25, 0.3) is 0 Å². The molecule has 1 fully saturated rings. The Balaban J connectivity index is 2.52. The molecule has 7 heteroatoms. The fourth-order valence-electron chi connectivity index (χ4n) is 1.70. The first kappa shape index (κ1) is 13.7. The monoisotopic (exact) mass is 246 g/mol. The summed E-state index contributed by atoms with van der Waals surface area (Å²) >= 11 is 0. The lowest BCUT2D eigenvalue weighted by atomic mass is 10.3. The van der Waals surface area contributed by atoms with Gasteiger partial charge in [0.2, 0.25) is 0 Å². The van der Waals surface area contributed by atoms with E-state index in [4.69, 9.17) is 14.6 Å². The van der Waals surface area contributed by atoms with Gasteiger partial charge in [0.15, 0.2) is 0 Å². The van der Waals surface area contributed by atoms with Gasteiger partial charge in [-0.25, -0.2) is 4.79 Å². The van der Waals surface area contributed by atoms with Crippen LogP contribution >= 0.6 is 0 Å². The summed E-state index contributed by atoms with van der Waals surface area (Å²) in [6, 6.07) is -1.33. The minimum absolute atomic E-state index is 0.175. The maximum absolute atomic E-state index is 11.7. The zero-order valence-corrected chi connectivity index (χ0v) is 10.2. The number of carboxylic acid groups (broad SMARTS) is 1. The first-order valence-electron chi connectivity index (χ1n) is 5.33. The van der Waals surface area contributed by atoms with E-state index in [9.17, 15) is 9.59 Å².